The summed E-state index contributed by atoms with van der Waals surface area (Å²) >= 11 is 0. The molecule has 1 heterocycles. The summed E-state index contributed by atoms with van der Waals surface area (Å²) < 4.78 is 26.4. The Morgan fingerprint density at radius 2 is 0.776 bits per heavy atom. The summed E-state index contributed by atoms with van der Waals surface area (Å²) in [5.74, 6) is 2.97. The van der Waals surface area contributed by atoms with Crippen molar-refractivity contribution in [2.24, 2.45) is 11.8 Å². The Hall–Kier alpha value is -1.20. The number of benzene rings is 1. The molecule has 0 amide bonds. The van der Waals surface area contributed by atoms with Gasteiger partial charge in [0.2, 0.25) is 0 Å². The Labute approximate surface area is 306 Å². The monoisotopic (exact) mass is 685 g/mol. The summed E-state index contributed by atoms with van der Waals surface area (Å²) in [5.41, 5.74) is 0.213. The third-order valence-corrected chi connectivity index (χ3v) is 11.3. The van der Waals surface area contributed by atoms with Gasteiger partial charge in [-0.15, -0.1) is 0 Å². The van der Waals surface area contributed by atoms with E-state index in [1.54, 1.807) is 0 Å². The van der Waals surface area contributed by atoms with E-state index in [1.165, 1.54) is 154 Å². The topological polar surface area (TPSA) is 36.9 Å². The van der Waals surface area contributed by atoms with Crippen LogP contribution in [0.4, 0.5) is 0 Å². The van der Waals surface area contributed by atoms with Crippen LogP contribution in [0.3, 0.4) is 0 Å². The molecule has 2 rings (SSSR count). The van der Waals surface area contributed by atoms with E-state index < -0.39 is 18.3 Å². The van der Waals surface area contributed by atoms with Gasteiger partial charge in [0.25, 0.3) is 0 Å². The molecule has 284 valence electrons. The number of ether oxygens (including phenoxy) is 2. The lowest BCUT2D eigenvalue weighted by Crippen LogP contribution is -2.41. The molecular weight excluding hydrogens is 603 g/mol. The van der Waals surface area contributed by atoms with Crippen LogP contribution in [-0.4, -0.2) is 31.5 Å². The van der Waals surface area contributed by atoms with Gasteiger partial charge < -0.3 is 18.8 Å². The molecule has 0 spiro atoms. The molecule has 0 aromatic heterocycles. The lowest BCUT2D eigenvalue weighted by molar-refractivity contribution is 0.00578. The molecule has 0 radical (unpaired) electrons. The summed E-state index contributed by atoms with van der Waals surface area (Å²) in [5, 5.41) is 0. The molecule has 0 N–H and O–H groups in total. The minimum atomic E-state index is -0.433. The normalized spacial score (nSPS) is 16.6. The second kappa shape index (κ2) is 25.7. The third kappa shape index (κ3) is 18.2. The minimum Gasteiger partial charge on any atom is -0.493 e. The number of unbranched alkanes of at least 4 members (excludes halogenated alkanes) is 16. The molecule has 1 aromatic carbocycles. The molecule has 49 heavy (non-hydrogen) atoms. The van der Waals surface area contributed by atoms with Crippen LogP contribution in [0.1, 0.15) is 209 Å². The Kier molecular flexibility index (Phi) is 23.1. The first-order valence-corrected chi connectivity index (χ1v) is 21.4. The average molecular weight is 685 g/mol. The van der Waals surface area contributed by atoms with Gasteiger partial charge in [-0.3, -0.25) is 0 Å². The van der Waals surface area contributed by atoms with E-state index in [2.05, 4.69) is 73.6 Å². The van der Waals surface area contributed by atoms with Gasteiger partial charge in [-0.1, -0.05) is 156 Å². The molecule has 5 heteroatoms. The SMILES string of the molecule is CCCCCCCCC(CCCCCC)COc1cc(OCC(CCCCCC)CCCCCCCC)cc(B2OC(C)(C)C(C)(C)O2)c1. The molecule has 1 fully saturated rings. The van der Waals surface area contributed by atoms with Crippen LogP contribution in [0.25, 0.3) is 0 Å². The van der Waals surface area contributed by atoms with Gasteiger partial charge in [0, 0.05) is 6.07 Å². The zero-order valence-electron chi connectivity index (χ0n) is 34.0. The van der Waals surface area contributed by atoms with Crippen LogP contribution in [-0.2, 0) is 9.31 Å². The van der Waals surface area contributed by atoms with E-state index in [9.17, 15) is 0 Å². The highest BCUT2D eigenvalue weighted by molar-refractivity contribution is 6.62. The van der Waals surface area contributed by atoms with Crippen molar-refractivity contribution in [1.82, 2.24) is 0 Å². The lowest BCUT2D eigenvalue weighted by Gasteiger charge is -2.32. The van der Waals surface area contributed by atoms with Crippen LogP contribution in [0.5, 0.6) is 11.5 Å². The molecule has 1 aliphatic heterocycles. The van der Waals surface area contributed by atoms with Crippen LogP contribution >= 0.6 is 0 Å². The minimum absolute atomic E-state index is 0.392. The number of hydrogen-bond donors (Lipinski definition) is 0. The molecule has 0 saturated carbocycles. The fourth-order valence-corrected chi connectivity index (χ4v) is 7.07. The van der Waals surface area contributed by atoms with Crippen molar-refractivity contribution >= 4 is 12.6 Å². The van der Waals surface area contributed by atoms with Crippen LogP contribution < -0.4 is 14.9 Å². The highest BCUT2D eigenvalue weighted by Gasteiger charge is 2.52. The maximum atomic E-state index is 6.68. The Morgan fingerprint density at radius 1 is 0.469 bits per heavy atom. The van der Waals surface area contributed by atoms with Crippen molar-refractivity contribution in [3.05, 3.63) is 18.2 Å². The number of rotatable bonds is 31. The van der Waals surface area contributed by atoms with E-state index in [0.717, 1.165) is 30.2 Å². The van der Waals surface area contributed by atoms with Gasteiger partial charge in [-0.25, -0.2) is 0 Å². The van der Waals surface area contributed by atoms with Crippen molar-refractivity contribution in [3.63, 3.8) is 0 Å². The van der Waals surface area contributed by atoms with E-state index in [-0.39, 0.29) is 0 Å². The second-order valence-electron chi connectivity index (χ2n) is 16.5. The first-order valence-electron chi connectivity index (χ1n) is 21.4. The quantitative estimate of drug-likeness (QED) is 0.0576. The van der Waals surface area contributed by atoms with Gasteiger partial charge in [0.05, 0.1) is 24.4 Å². The van der Waals surface area contributed by atoms with E-state index in [0.29, 0.717) is 11.8 Å². The summed E-state index contributed by atoms with van der Waals surface area (Å²) in [6.45, 7) is 19.2. The maximum Gasteiger partial charge on any atom is 0.495 e. The summed E-state index contributed by atoms with van der Waals surface area (Å²) in [4.78, 5) is 0. The molecular formula is C44H81BO4. The van der Waals surface area contributed by atoms with Crippen molar-refractivity contribution < 1.29 is 18.8 Å². The molecule has 1 aliphatic rings. The fourth-order valence-electron chi connectivity index (χ4n) is 7.07. The third-order valence-electron chi connectivity index (χ3n) is 11.3. The smallest absolute Gasteiger partial charge is 0.493 e. The summed E-state index contributed by atoms with van der Waals surface area (Å²) in [6, 6.07) is 6.42. The molecule has 0 bridgehead atoms. The van der Waals surface area contributed by atoms with E-state index >= 15 is 0 Å². The Bertz CT molecular complexity index is 877. The zero-order chi connectivity index (χ0) is 35.8. The van der Waals surface area contributed by atoms with Crippen molar-refractivity contribution in [3.8, 4) is 11.5 Å². The van der Waals surface area contributed by atoms with Crippen LogP contribution in [0, 0.1) is 11.8 Å². The summed E-state index contributed by atoms with van der Waals surface area (Å²) in [6.07, 6.45) is 31.7. The van der Waals surface area contributed by atoms with Crippen molar-refractivity contribution in [2.75, 3.05) is 13.2 Å². The molecule has 2 unspecified atom stereocenters. The second-order valence-corrected chi connectivity index (χ2v) is 16.5. The highest BCUT2D eigenvalue weighted by Crippen LogP contribution is 2.37. The Balaban J connectivity index is 2.16. The highest BCUT2D eigenvalue weighted by atomic mass is 16.7. The first kappa shape index (κ1) is 44.0. The van der Waals surface area contributed by atoms with Crippen molar-refractivity contribution in [1.29, 1.82) is 0 Å². The predicted molar refractivity (Wildman–Crippen MR) is 214 cm³/mol. The van der Waals surface area contributed by atoms with Gasteiger partial charge in [-0.05, 0) is 82.8 Å². The fraction of sp³-hybridized carbons (Fsp3) is 0.864. The standard InChI is InChI=1S/C44H81BO4/c1-9-13-17-21-23-27-31-38(29-25-19-15-11-3)36-46-41-33-40(45-48-43(5,6)44(7,8)49-45)34-42(35-41)47-37-39(30-26-20-16-12-4)32-28-24-22-18-14-10-2/h33-35,38-39H,9-32,36-37H2,1-8H3. The number of hydrogen-bond acceptors (Lipinski definition) is 4. The van der Waals surface area contributed by atoms with E-state index in [1.807, 2.05) is 0 Å². The van der Waals surface area contributed by atoms with Gasteiger partial charge in [0.15, 0.2) is 0 Å². The van der Waals surface area contributed by atoms with Crippen LogP contribution in [0.15, 0.2) is 18.2 Å². The average Bonchev–Trinajstić information content (AvgIpc) is 3.30. The van der Waals surface area contributed by atoms with Gasteiger partial charge in [0.1, 0.15) is 11.5 Å². The summed E-state index contributed by atoms with van der Waals surface area (Å²) in [7, 11) is -0.433. The molecule has 4 nitrogen and oxygen atoms in total. The molecule has 1 aromatic rings. The zero-order valence-corrected chi connectivity index (χ0v) is 34.0. The van der Waals surface area contributed by atoms with E-state index in [4.69, 9.17) is 18.8 Å². The maximum absolute atomic E-state index is 6.68. The first-order chi connectivity index (χ1) is 23.7. The molecule has 1 saturated heterocycles. The van der Waals surface area contributed by atoms with Gasteiger partial charge in [-0.2, -0.15) is 0 Å². The largest absolute Gasteiger partial charge is 0.495 e. The van der Waals surface area contributed by atoms with Crippen LogP contribution in [0.2, 0.25) is 0 Å². The predicted octanol–water partition coefficient (Wildman–Crippen LogP) is 13.4. The van der Waals surface area contributed by atoms with Crippen molar-refractivity contribution in [2.45, 2.75) is 221 Å². The molecule has 0 aliphatic carbocycles. The molecule has 2 atom stereocenters. The lowest BCUT2D eigenvalue weighted by atomic mass is 9.79. The van der Waals surface area contributed by atoms with Gasteiger partial charge >= 0.3 is 7.12 Å². The Morgan fingerprint density at radius 3 is 1.12 bits per heavy atom.